The second-order valence-electron chi connectivity index (χ2n) is 4.59. The number of benzene rings is 2. The minimum absolute atomic E-state index is 0.00917. The normalized spacial score (nSPS) is 11.0. The third-order valence-corrected chi connectivity index (χ3v) is 4.27. The van der Waals surface area contributed by atoms with Gasteiger partial charge in [0.2, 0.25) is 0 Å². The van der Waals surface area contributed by atoms with Gasteiger partial charge in [-0.3, -0.25) is 4.98 Å². The quantitative estimate of drug-likeness (QED) is 0.576. The molecule has 106 valence electrons. The highest BCUT2D eigenvalue weighted by Gasteiger charge is 2.12. The van der Waals surface area contributed by atoms with Gasteiger partial charge < -0.3 is 5.73 Å². The summed E-state index contributed by atoms with van der Waals surface area (Å²) in [6.07, 6.45) is 1.70. The summed E-state index contributed by atoms with van der Waals surface area (Å²) in [5, 5.41) is 0.990. The lowest BCUT2D eigenvalue weighted by Gasteiger charge is -2.08. The van der Waals surface area contributed by atoms with Crippen LogP contribution in [0.3, 0.4) is 0 Å². The maximum atomic E-state index is 13.8. The molecule has 1 heterocycles. The van der Waals surface area contributed by atoms with Gasteiger partial charge in [0.25, 0.3) is 0 Å². The number of hydrogen-bond acceptors (Lipinski definition) is 3. The summed E-state index contributed by atoms with van der Waals surface area (Å²) in [7, 11) is 0. The third kappa shape index (κ3) is 2.83. The number of halogens is 2. The van der Waals surface area contributed by atoms with Crippen LogP contribution in [0.5, 0.6) is 0 Å². The van der Waals surface area contributed by atoms with E-state index in [1.807, 2.05) is 30.3 Å². The lowest BCUT2D eigenvalue weighted by Crippen LogP contribution is -1.94. The summed E-state index contributed by atoms with van der Waals surface area (Å²) < 4.78 is 27.5. The molecular formula is C16H12F2N2S. The van der Waals surface area contributed by atoms with Gasteiger partial charge in [0.1, 0.15) is 11.6 Å². The largest absolute Gasteiger partial charge is 0.399 e. The van der Waals surface area contributed by atoms with E-state index in [0.717, 1.165) is 40.4 Å². The number of pyridine rings is 1. The van der Waals surface area contributed by atoms with Crippen molar-refractivity contribution in [1.29, 1.82) is 0 Å². The number of nitrogens with zero attached hydrogens (tertiary/aromatic N) is 1. The number of anilines is 1. The summed E-state index contributed by atoms with van der Waals surface area (Å²) in [4.78, 5) is 4.26. The van der Waals surface area contributed by atoms with Gasteiger partial charge in [0, 0.05) is 23.0 Å². The fourth-order valence-electron chi connectivity index (χ4n) is 2.15. The maximum Gasteiger partial charge on any atom is 0.141 e. The summed E-state index contributed by atoms with van der Waals surface area (Å²) in [6.45, 7) is 0. The summed E-state index contributed by atoms with van der Waals surface area (Å²) in [5.41, 5.74) is 7.36. The number of aromatic nitrogens is 1. The van der Waals surface area contributed by atoms with E-state index in [9.17, 15) is 8.78 Å². The molecule has 0 unspecified atom stereocenters. The molecule has 2 N–H and O–H groups in total. The maximum absolute atomic E-state index is 13.8. The Balaban J connectivity index is 1.91. The molecular weight excluding hydrogens is 290 g/mol. The van der Waals surface area contributed by atoms with Gasteiger partial charge in [-0.25, -0.2) is 8.78 Å². The molecule has 0 aliphatic heterocycles. The zero-order valence-electron chi connectivity index (χ0n) is 11.0. The van der Waals surface area contributed by atoms with E-state index in [0.29, 0.717) is 5.75 Å². The molecule has 5 heteroatoms. The van der Waals surface area contributed by atoms with E-state index in [1.165, 1.54) is 0 Å². The Morgan fingerprint density at radius 3 is 2.52 bits per heavy atom. The smallest absolute Gasteiger partial charge is 0.141 e. The van der Waals surface area contributed by atoms with Crippen LogP contribution in [0.15, 0.2) is 53.6 Å². The Morgan fingerprint density at radius 2 is 1.76 bits per heavy atom. The lowest BCUT2D eigenvalue weighted by molar-refractivity contribution is 0.542. The average Bonchev–Trinajstić information content (AvgIpc) is 2.46. The second-order valence-corrected chi connectivity index (χ2v) is 5.58. The van der Waals surface area contributed by atoms with Gasteiger partial charge in [-0.15, -0.1) is 11.8 Å². The topological polar surface area (TPSA) is 38.9 Å². The Hall–Kier alpha value is -2.14. The number of thioether (sulfide) groups is 1. The standard InChI is InChI=1S/C16H12F2N2S/c17-13-7-11(19)8-14(18)16(13)21-9-10-5-6-20-15-4-2-1-3-12(10)15/h1-8H,9,19H2. The molecule has 0 saturated heterocycles. The average molecular weight is 302 g/mol. The monoisotopic (exact) mass is 302 g/mol. The van der Waals surface area contributed by atoms with Crippen LogP contribution in [0.1, 0.15) is 5.56 Å². The zero-order valence-corrected chi connectivity index (χ0v) is 11.8. The number of fused-ring (bicyclic) bond motifs is 1. The van der Waals surface area contributed by atoms with Gasteiger partial charge in [0.05, 0.1) is 10.4 Å². The highest BCUT2D eigenvalue weighted by molar-refractivity contribution is 7.98. The summed E-state index contributed by atoms with van der Waals surface area (Å²) in [5.74, 6) is -0.799. The van der Waals surface area contributed by atoms with Crippen molar-refractivity contribution in [1.82, 2.24) is 4.98 Å². The number of hydrogen-bond donors (Lipinski definition) is 1. The van der Waals surface area contributed by atoms with Crippen molar-refractivity contribution in [3.8, 4) is 0 Å². The third-order valence-electron chi connectivity index (χ3n) is 3.13. The van der Waals surface area contributed by atoms with Crippen LogP contribution >= 0.6 is 11.8 Å². The number of para-hydroxylation sites is 1. The number of nitrogen functional groups attached to an aromatic ring is 1. The fraction of sp³-hybridized carbons (Fsp3) is 0.0625. The molecule has 0 atom stereocenters. The van der Waals surface area contributed by atoms with Gasteiger partial charge in [-0.05, 0) is 29.8 Å². The highest BCUT2D eigenvalue weighted by Crippen LogP contribution is 2.31. The zero-order chi connectivity index (χ0) is 14.8. The molecule has 3 aromatic rings. The SMILES string of the molecule is Nc1cc(F)c(SCc2ccnc3ccccc23)c(F)c1. The van der Waals surface area contributed by atoms with Crippen LogP contribution in [0.2, 0.25) is 0 Å². The Kier molecular flexibility index (Phi) is 3.75. The molecule has 0 spiro atoms. The molecule has 0 bridgehead atoms. The molecule has 3 rings (SSSR count). The molecule has 21 heavy (non-hydrogen) atoms. The van der Waals surface area contributed by atoms with E-state index in [4.69, 9.17) is 5.73 Å². The van der Waals surface area contributed by atoms with E-state index in [1.54, 1.807) is 6.20 Å². The molecule has 2 aromatic carbocycles. The number of rotatable bonds is 3. The lowest BCUT2D eigenvalue weighted by atomic mass is 10.1. The first-order valence-corrected chi connectivity index (χ1v) is 7.33. The van der Waals surface area contributed by atoms with Gasteiger partial charge in [0.15, 0.2) is 0 Å². The first-order valence-electron chi connectivity index (χ1n) is 6.35. The predicted molar refractivity (Wildman–Crippen MR) is 82.1 cm³/mol. The molecule has 0 saturated carbocycles. The molecule has 0 aliphatic carbocycles. The van der Waals surface area contributed by atoms with Crippen LogP contribution in [0.25, 0.3) is 10.9 Å². The fourth-order valence-corrected chi connectivity index (χ4v) is 3.09. The minimum Gasteiger partial charge on any atom is -0.399 e. The van der Waals surface area contributed by atoms with Crippen molar-refractivity contribution < 1.29 is 8.78 Å². The van der Waals surface area contributed by atoms with Crippen molar-refractivity contribution in [3.05, 3.63) is 65.9 Å². The highest BCUT2D eigenvalue weighted by atomic mass is 32.2. The van der Waals surface area contributed by atoms with Gasteiger partial charge in [-0.2, -0.15) is 0 Å². The first-order chi connectivity index (χ1) is 10.1. The Labute approximate surface area is 125 Å². The van der Waals surface area contributed by atoms with Crippen molar-refractivity contribution in [2.24, 2.45) is 0 Å². The van der Waals surface area contributed by atoms with E-state index < -0.39 is 11.6 Å². The van der Waals surface area contributed by atoms with Crippen molar-refractivity contribution in [3.63, 3.8) is 0 Å². The van der Waals surface area contributed by atoms with Crippen molar-refractivity contribution >= 4 is 28.4 Å². The van der Waals surface area contributed by atoms with Gasteiger partial charge >= 0.3 is 0 Å². The van der Waals surface area contributed by atoms with Crippen molar-refractivity contribution in [2.75, 3.05) is 5.73 Å². The van der Waals surface area contributed by atoms with Gasteiger partial charge in [-0.1, -0.05) is 18.2 Å². The van der Waals surface area contributed by atoms with Crippen LogP contribution in [-0.2, 0) is 5.75 Å². The summed E-state index contributed by atoms with van der Waals surface area (Å²) in [6, 6.07) is 11.8. The molecule has 2 nitrogen and oxygen atoms in total. The first kappa shape index (κ1) is 13.8. The van der Waals surface area contributed by atoms with E-state index >= 15 is 0 Å². The summed E-state index contributed by atoms with van der Waals surface area (Å²) >= 11 is 1.12. The molecule has 0 amide bonds. The van der Waals surface area contributed by atoms with Crippen LogP contribution in [-0.4, -0.2) is 4.98 Å². The Bertz CT molecular complexity index is 777. The molecule has 0 aliphatic rings. The van der Waals surface area contributed by atoms with E-state index in [2.05, 4.69) is 4.98 Å². The van der Waals surface area contributed by atoms with Crippen LogP contribution in [0.4, 0.5) is 14.5 Å². The predicted octanol–water partition coefficient (Wildman–Crippen LogP) is 4.39. The van der Waals surface area contributed by atoms with Crippen molar-refractivity contribution in [2.45, 2.75) is 10.6 Å². The van der Waals surface area contributed by atoms with Crippen LogP contribution < -0.4 is 5.73 Å². The van der Waals surface area contributed by atoms with Crippen LogP contribution in [0, 0.1) is 11.6 Å². The number of nitrogens with two attached hydrogens (primary N) is 1. The second kappa shape index (κ2) is 5.69. The van der Waals surface area contributed by atoms with E-state index in [-0.39, 0.29) is 10.6 Å². The molecule has 1 aromatic heterocycles. The molecule has 0 fully saturated rings. The minimum atomic E-state index is -0.629. The molecule has 0 radical (unpaired) electrons. The Morgan fingerprint density at radius 1 is 1.05 bits per heavy atom.